The zero-order chi connectivity index (χ0) is 25.3. The molecule has 2 aliphatic heterocycles. The highest BCUT2D eigenvalue weighted by Crippen LogP contribution is 2.40. The molecule has 2 amide bonds. The summed E-state index contributed by atoms with van der Waals surface area (Å²) in [6.45, 7) is 6.18. The second-order valence-corrected chi connectivity index (χ2v) is 10.6. The molecule has 2 heterocycles. The molecule has 1 N–H and O–H groups in total. The molecule has 0 unspecified atom stereocenters. The van der Waals surface area contributed by atoms with Crippen LogP contribution in [0.5, 0.6) is 0 Å². The van der Waals surface area contributed by atoms with E-state index >= 15 is 0 Å². The lowest BCUT2D eigenvalue weighted by atomic mass is 9.78. The minimum absolute atomic E-state index is 0.00100. The summed E-state index contributed by atoms with van der Waals surface area (Å²) in [5.41, 5.74) is -0.969. The van der Waals surface area contributed by atoms with Crippen molar-refractivity contribution in [2.75, 3.05) is 31.1 Å². The van der Waals surface area contributed by atoms with Crippen LogP contribution >= 0.6 is 0 Å². The van der Waals surface area contributed by atoms with Gasteiger partial charge in [0.05, 0.1) is 23.1 Å². The first-order valence-electron chi connectivity index (χ1n) is 12.5. The number of nitrogens with zero attached hydrogens (tertiary/aromatic N) is 3. The quantitative estimate of drug-likeness (QED) is 0.649. The number of piperidine rings is 1. The molecule has 2 saturated heterocycles. The molecule has 3 fully saturated rings. The van der Waals surface area contributed by atoms with Crippen molar-refractivity contribution in [3.05, 3.63) is 29.3 Å². The molecule has 0 aromatic heterocycles. The first kappa shape index (κ1) is 25.3. The Hall–Kier alpha value is -2.76. The maximum atomic E-state index is 13.5. The fraction of sp³-hybridized carbons (Fsp3) is 0.654. The molecule has 1 aromatic rings. The van der Waals surface area contributed by atoms with Crippen molar-refractivity contribution in [1.82, 2.24) is 10.2 Å². The first-order chi connectivity index (χ1) is 16.6. The summed E-state index contributed by atoms with van der Waals surface area (Å²) < 4.78 is 40.6. The van der Waals surface area contributed by atoms with Crippen LogP contribution in [0.2, 0.25) is 0 Å². The molecule has 0 radical (unpaired) electrons. The van der Waals surface area contributed by atoms with Crippen LogP contribution in [-0.4, -0.2) is 48.9 Å². The lowest BCUT2D eigenvalue weighted by Gasteiger charge is -2.36. The van der Waals surface area contributed by atoms with E-state index in [1.165, 1.54) is 6.07 Å². The highest BCUT2D eigenvalue weighted by molar-refractivity contribution is 5.81. The summed E-state index contributed by atoms with van der Waals surface area (Å²) in [5, 5.41) is 12.2. The minimum atomic E-state index is -4.63. The monoisotopic (exact) mass is 490 g/mol. The van der Waals surface area contributed by atoms with Gasteiger partial charge in [-0.15, -0.1) is 0 Å². The molecule has 9 heteroatoms. The van der Waals surface area contributed by atoms with Gasteiger partial charge in [-0.3, -0.25) is 9.59 Å². The van der Waals surface area contributed by atoms with E-state index in [0.717, 1.165) is 31.7 Å². The number of carbonyl (C=O) groups excluding carboxylic acids is 2. The van der Waals surface area contributed by atoms with Crippen molar-refractivity contribution in [3.63, 3.8) is 0 Å². The topological polar surface area (TPSA) is 76.4 Å². The second-order valence-electron chi connectivity index (χ2n) is 10.6. The molecule has 190 valence electrons. The van der Waals surface area contributed by atoms with Crippen LogP contribution < -0.4 is 10.2 Å². The number of carbonyl (C=O) groups is 2. The van der Waals surface area contributed by atoms with E-state index in [9.17, 15) is 22.8 Å². The number of amides is 2. The Bertz CT molecular complexity index is 991. The van der Waals surface area contributed by atoms with Gasteiger partial charge in [0.25, 0.3) is 0 Å². The van der Waals surface area contributed by atoms with Crippen molar-refractivity contribution in [2.24, 2.45) is 23.7 Å². The molecule has 1 saturated carbocycles. The average Bonchev–Trinajstić information content (AvgIpc) is 3.51. The van der Waals surface area contributed by atoms with Crippen molar-refractivity contribution < 1.29 is 22.8 Å². The third-order valence-corrected chi connectivity index (χ3v) is 7.50. The largest absolute Gasteiger partial charge is 0.417 e. The highest BCUT2D eigenvalue weighted by atomic mass is 19.4. The molecule has 2 atom stereocenters. The standard InChI is InChI=1S/C26H33F3N4O2/c1-16(2)11-24(34)32-9-7-17(8-10-32)21-14-33(15-22(21)25(35)31-19-4-5-19)20-6-3-18(13-30)23(12-20)26(27,28)29/h3,6,12,16-17,19,21-22H,4-5,7-11,14-15H2,1-2H3,(H,31,35)/t21-,22+/m0/s1. The van der Waals surface area contributed by atoms with E-state index in [2.05, 4.69) is 5.32 Å². The van der Waals surface area contributed by atoms with Gasteiger partial charge in [-0.1, -0.05) is 13.8 Å². The van der Waals surface area contributed by atoms with E-state index in [-0.39, 0.29) is 35.6 Å². The zero-order valence-corrected chi connectivity index (χ0v) is 20.3. The first-order valence-corrected chi connectivity index (χ1v) is 12.5. The third-order valence-electron chi connectivity index (χ3n) is 7.50. The van der Waals surface area contributed by atoms with Gasteiger partial charge in [-0.25, -0.2) is 0 Å². The van der Waals surface area contributed by atoms with Crippen molar-refractivity contribution in [2.45, 2.75) is 58.2 Å². The number of benzene rings is 1. The van der Waals surface area contributed by atoms with Gasteiger partial charge in [-0.2, -0.15) is 18.4 Å². The number of likely N-dealkylation sites (tertiary alicyclic amines) is 1. The Balaban J connectivity index is 1.51. The van der Waals surface area contributed by atoms with Gasteiger partial charge in [0.2, 0.25) is 11.8 Å². The minimum Gasteiger partial charge on any atom is -0.370 e. The number of nitriles is 1. The summed E-state index contributed by atoms with van der Waals surface area (Å²) >= 11 is 0. The van der Waals surface area contributed by atoms with Crippen LogP contribution in [-0.2, 0) is 15.8 Å². The molecule has 4 rings (SSSR count). The molecule has 0 spiro atoms. The predicted octanol–water partition coefficient (Wildman–Crippen LogP) is 4.19. The fourth-order valence-electron chi connectivity index (χ4n) is 5.45. The van der Waals surface area contributed by atoms with E-state index in [1.54, 1.807) is 12.1 Å². The van der Waals surface area contributed by atoms with Crippen molar-refractivity contribution >= 4 is 17.5 Å². The fourth-order valence-corrected chi connectivity index (χ4v) is 5.45. The summed E-state index contributed by atoms with van der Waals surface area (Å²) in [6.07, 6.45) is -0.595. The lowest BCUT2D eigenvalue weighted by molar-refractivity contribution is -0.137. The van der Waals surface area contributed by atoms with Crippen LogP contribution in [0.25, 0.3) is 0 Å². The Morgan fingerprint density at radius 1 is 1.14 bits per heavy atom. The van der Waals surface area contributed by atoms with Crippen LogP contribution in [0.15, 0.2) is 18.2 Å². The van der Waals surface area contributed by atoms with Crippen LogP contribution in [0, 0.1) is 35.0 Å². The summed E-state index contributed by atoms with van der Waals surface area (Å²) in [4.78, 5) is 29.4. The van der Waals surface area contributed by atoms with E-state index < -0.39 is 17.3 Å². The Morgan fingerprint density at radius 3 is 2.40 bits per heavy atom. The summed E-state index contributed by atoms with van der Waals surface area (Å²) in [5.74, 6) is 0.339. The van der Waals surface area contributed by atoms with Gasteiger partial charge in [-0.05, 0) is 61.6 Å². The van der Waals surface area contributed by atoms with Gasteiger partial charge < -0.3 is 15.1 Å². The van der Waals surface area contributed by atoms with Crippen molar-refractivity contribution in [3.8, 4) is 6.07 Å². The molecule has 3 aliphatic rings. The van der Waals surface area contributed by atoms with Crippen molar-refractivity contribution in [1.29, 1.82) is 5.26 Å². The number of rotatable bonds is 6. The van der Waals surface area contributed by atoms with Crippen LogP contribution in [0.1, 0.15) is 57.1 Å². The van der Waals surface area contributed by atoms with Crippen LogP contribution in [0.4, 0.5) is 18.9 Å². The SMILES string of the molecule is CC(C)CC(=O)N1CCC([C@@H]2CN(c3ccc(C#N)c(C(F)(F)F)c3)C[C@H]2C(=O)NC2CC2)CC1. The number of nitrogens with one attached hydrogen (secondary N) is 1. The number of hydrogen-bond donors (Lipinski definition) is 1. The van der Waals surface area contributed by atoms with Gasteiger partial charge >= 0.3 is 6.18 Å². The normalized spacial score (nSPS) is 23.5. The second kappa shape index (κ2) is 10.1. The number of halogens is 3. The maximum absolute atomic E-state index is 13.5. The predicted molar refractivity (Wildman–Crippen MR) is 125 cm³/mol. The number of anilines is 1. The molecule has 1 aliphatic carbocycles. The van der Waals surface area contributed by atoms with Gasteiger partial charge in [0.1, 0.15) is 0 Å². The molecule has 6 nitrogen and oxygen atoms in total. The van der Waals surface area contributed by atoms with Gasteiger partial charge in [0.15, 0.2) is 0 Å². The Kier molecular flexibility index (Phi) is 7.30. The summed E-state index contributed by atoms with van der Waals surface area (Å²) in [7, 11) is 0. The Morgan fingerprint density at radius 2 is 1.83 bits per heavy atom. The molecular weight excluding hydrogens is 457 g/mol. The lowest BCUT2D eigenvalue weighted by Crippen LogP contribution is -2.44. The van der Waals surface area contributed by atoms with E-state index in [0.29, 0.717) is 44.2 Å². The van der Waals surface area contributed by atoms with Gasteiger partial charge in [0, 0.05) is 44.3 Å². The van der Waals surface area contributed by atoms with E-state index in [1.807, 2.05) is 23.6 Å². The molecule has 35 heavy (non-hydrogen) atoms. The summed E-state index contributed by atoms with van der Waals surface area (Å²) in [6, 6.07) is 5.62. The number of alkyl halides is 3. The smallest absolute Gasteiger partial charge is 0.370 e. The van der Waals surface area contributed by atoms with Crippen LogP contribution in [0.3, 0.4) is 0 Å². The van der Waals surface area contributed by atoms with E-state index in [4.69, 9.17) is 5.26 Å². The average molecular weight is 491 g/mol. The zero-order valence-electron chi connectivity index (χ0n) is 20.3. The number of hydrogen-bond acceptors (Lipinski definition) is 4. The third kappa shape index (κ3) is 5.91. The maximum Gasteiger partial charge on any atom is 0.417 e. The highest BCUT2D eigenvalue weighted by Gasteiger charge is 2.44. The molecule has 0 bridgehead atoms. The Labute approximate surface area is 204 Å². The molecular formula is C26H33F3N4O2. The molecule has 1 aromatic carbocycles.